The minimum atomic E-state index is -0.584. The highest BCUT2D eigenvalue weighted by Crippen LogP contribution is 2.05. The Kier molecular flexibility index (Phi) is 1.54. The molecule has 0 aromatic carbocycles. The van der Waals surface area contributed by atoms with Crippen molar-refractivity contribution in [3.8, 4) is 0 Å². The summed E-state index contributed by atoms with van der Waals surface area (Å²) in [5, 5.41) is 3.80. The number of halogens is 2. The van der Waals surface area contributed by atoms with Crippen LogP contribution in [-0.4, -0.2) is 22.4 Å². The Labute approximate surface area is 73.6 Å². The first-order valence-corrected chi connectivity index (χ1v) is 3.51. The van der Waals surface area contributed by atoms with Crippen molar-refractivity contribution in [2.45, 2.75) is 0 Å². The van der Waals surface area contributed by atoms with Gasteiger partial charge in [0.25, 0.3) is 0 Å². The highest BCUT2D eigenvalue weighted by molar-refractivity contribution is 6.38. The van der Waals surface area contributed by atoms with E-state index in [1.807, 2.05) is 0 Å². The number of hydrogen-bond acceptors (Lipinski definition) is 2. The summed E-state index contributed by atoms with van der Waals surface area (Å²) in [5.41, 5.74) is 0.579. The van der Waals surface area contributed by atoms with Gasteiger partial charge in [-0.15, -0.1) is 0 Å². The van der Waals surface area contributed by atoms with Gasteiger partial charge in [-0.05, 0) is 11.5 Å². The number of hydrogen-bond donors (Lipinski definition) is 0. The second kappa shape index (κ2) is 2.45. The van der Waals surface area contributed by atoms with Crippen LogP contribution in [0, 0.1) is 5.95 Å². The number of nitrogens with zero attached hydrogens (tertiary/aromatic N) is 3. The van der Waals surface area contributed by atoms with Crippen LogP contribution in [0.15, 0.2) is 12.3 Å². The van der Waals surface area contributed by atoms with Crippen LogP contribution in [0.3, 0.4) is 0 Å². The molecule has 0 atom stereocenters. The van der Waals surface area contributed by atoms with E-state index in [0.29, 0.717) is 5.46 Å². The lowest BCUT2D eigenvalue weighted by atomic mass is 9.99. The van der Waals surface area contributed by atoms with E-state index in [2.05, 4.69) is 10.1 Å². The highest BCUT2D eigenvalue weighted by atomic mass is 35.5. The molecule has 2 radical (unpaired) electrons. The first-order chi connectivity index (χ1) is 5.68. The standard InChI is InChI=1S/C6H2BClFN3/c7-3-1-4(8)11-12-5(9)2-10-6(3)12/h1-2H. The zero-order chi connectivity index (χ0) is 8.72. The third-order valence-electron chi connectivity index (χ3n) is 1.42. The molecule has 0 aliphatic heterocycles. The maximum atomic E-state index is 12.8. The molecule has 0 saturated heterocycles. The summed E-state index contributed by atoms with van der Waals surface area (Å²) in [4.78, 5) is 3.70. The Bertz CT molecular complexity index is 442. The Morgan fingerprint density at radius 3 is 3.08 bits per heavy atom. The van der Waals surface area contributed by atoms with E-state index in [-0.39, 0.29) is 10.8 Å². The monoisotopic (exact) mass is 181 g/mol. The van der Waals surface area contributed by atoms with E-state index >= 15 is 0 Å². The van der Waals surface area contributed by atoms with Crippen molar-refractivity contribution in [2.75, 3.05) is 0 Å². The molecular weight excluding hydrogens is 179 g/mol. The Morgan fingerprint density at radius 1 is 1.58 bits per heavy atom. The lowest BCUT2D eigenvalue weighted by Gasteiger charge is -1.97. The fourth-order valence-electron chi connectivity index (χ4n) is 0.934. The Morgan fingerprint density at radius 2 is 2.33 bits per heavy atom. The van der Waals surface area contributed by atoms with E-state index in [4.69, 9.17) is 19.4 Å². The molecule has 0 N–H and O–H groups in total. The second-order valence-electron chi connectivity index (χ2n) is 2.24. The Hall–Kier alpha value is -1.10. The molecule has 6 heteroatoms. The van der Waals surface area contributed by atoms with Crippen LogP contribution in [0.25, 0.3) is 5.65 Å². The van der Waals surface area contributed by atoms with Gasteiger partial charge >= 0.3 is 0 Å². The fourth-order valence-corrected chi connectivity index (χ4v) is 1.13. The van der Waals surface area contributed by atoms with Gasteiger partial charge < -0.3 is 0 Å². The van der Waals surface area contributed by atoms with E-state index in [1.54, 1.807) is 0 Å². The zero-order valence-electron chi connectivity index (χ0n) is 5.83. The van der Waals surface area contributed by atoms with Crippen molar-refractivity contribution < 1.29 is 4.39 Å². The molecule has 0 unspecified atom stereocenters. The maximum Gasteiger partial charge on any atom is 0.234 e. The van der Waals surface area contributed by atoms with Gasteiger partial charge in [-0.2, -0.15) is 14.0 Å². The molecule has 58 valence electrons. The molecule has 2 rings (SSSR count). The van der Waals surface area contributed by atoms with Gasteiger partial charge in [0.2, 0.25) is 5.95 Å². The molecule has 2 aromatic rings. The fraction of sp³-hybridized carbons (Fsp3) is 0. The summed E-state index contributed by atoms with van der Waals surface area (Å²) in [7, 11) is 5.50. The van der Waals surface area contributed by atoms with Crippen LogP contribution >= 0.6 is 11.6 Å². The SMILES string of the molecule is [B]c1cc(Cl)nn2c(F)cnc12. The van der Waals surface area contributed by atoms with Crippen LogP contribution in [0.1, 0.15) is 0 Å². The average molecular weight is 181 g/mol. The van der Waals surface area contributed by atoms with E-state index < -0.39 is 5.95 Å². The second-order valence-corrected chi connectivity index (χ2v) is 2.63. The molecule has 3 nitrogen and oxygen atoms in total. The van der Waals surface area contributed by atoms with Crippen LogP contribution in [-0.2, 0) is 0 Å². The van der Waals surface area contributed by atoms with Crippen molar-refractivity contribution in [3.63, 3.8) is 0 Å². The molecule has 0 aliphatic rings. The van der Waals surface area contributed by atoms with E-state index in [0.717, 1.165) is 10.7 Å². The van der Waals surface area contributed by atoms with Gasteiger partial charge in [-0.3, -0.25) is 0 Å². The predicted octanol–water partition coefficient (Wildman–Crippen LogP) is 0.316. The van der Waals surface area contributed by atoms with Gasteiger partial charge in [0, 0.05) is 0 Å². The Balaban J connectivity index is 2.92. The van der Waals surface area contributed by atoms with Crippen LogP contribution < -0.4 is 5.46 Å². The zero-order valence-corrected chi connectivity index (χ0v) is 6.59. The van der Waals surface area contributed by atoms with Crippen molar-refractivity contribution in [1.29, 1.82) is 0 Å². The van der Waals surface area contributed by atoms with Crippen LogP contribution in [0.4, 0.5) is 4.39 Å². The highest BCUT2D eigenvalue weighted by Gasteiger charge is 2.06. The number of aromatic nitrogens is 3. The van der Waals surface area contributed by atoms with Crippen molar-refractivity contribution in [1.82, 2.24) is 14.6 Å². The molecule has 0 spiro atoms. The summed E-state index contributed by atoms with van der Waals surface area (Å²) in [6.45, 7) is 0. The number of imidazole rings is 1. The minimum absolute atomic E-state index is 0.136. The van der Waals surface area contributed by atoms with Gasteiger partial charge in [0.15, 0.2) is 0 Å². The molecule has 12 heavy (non-hydrogen) atoms. The van der Waals surface area contributed by atoms with Gasteiger partial charge in [0.05, 0.1) is 6.20 Å². The average Bonchev–Trinajstić information content (AvgIpc) is 2.33. The summed E-state index contributed by atoms with van der Waals surface area (Å²) < 4.78 is 13.8. The first-order valence-electron chi connectivity index (χ1n) is 3.14. The lowest BCUT2D eigenvalue weighted by molar-refractivity contribution is 0.549. The molecule has 0 bridgehead atoms. The molecule has 0 fully saturated rings. The van der Waals surface area contributed by atoms with Crippen LogP contribution in [0.2, 0.25) is 5.15 Å². The van der Waals surface area contributed by atoms with E-state index in [9.17, 15) is 4.39 Å². The number of fused-ring (bicyclic) bond motifs is 1. The summed E-state index contributed by atoms with van der Waals surface area (Å²) >= 11 is 5.55. The largest absolute Gasteiger partial charge is 0.234 e. The summed E-state index contributed by atoms with van der Waals surface area (Å²) in [5.74, 6) is -0.584. The maximum absolute atomic E-state index is 12.8. The first kappa shape index (κ1) is 7.55. The van der Waals surface area contributed by atoms with Gasteiger partial charge in [-0.25, -0.2) is 4.98 Å². The summed E-state index contributed by atoms with van der Waals surface area (Å²) in [6.07, 6.45) is 1.04. The molecule has 2 heterocycles. The molecule has 0 saturated carbocycles. The van der Waals surface area contributed by atoms with Crippen molar-refractivity contribution >= 4 is 30.6 Å². The predicted molar refractivity (Wildman–Crippen MR) is 43.3 cm³/mol. The van der Waals surface area contributed by atoms with Crippen LogP contribution in [0.5, 0.6) is 0 Å². The molecule has 0 amide bonds. The van der Waals surface area contributed by atoms with Gasteiger partial charge in [0.1, 0.15) is 18.6 Å². The third kappa shape index (κ3) is 0.974. The lowest BCUT2D eigenvalue weighted by Crippen LogP contribution is -2.10. The quantitative estimate of drug-likeness (QED) is 0.548. The van der Waals surface area contributed by atoms with Crippen molar-refractivity contribution in [3.05, 3.63) is 23.4 Å². The molecular formula is C6H2BClFN3. The normalized spacial score (nSPS) is 10.8. The smallest absolute Gasteiger partial charge is 0.233 e. The van der Waals surface area contributed by atoms with Crippen molar-refractivity contribution in [2.24, 2.45) is 0 Å². The molecule has 0 aliphatic carbocycles. The van der Waals surface area contributed by atoms with Gasteiger partial charge in [-0.1, -0.05) is 11.6 Å². The molecule has 2 aromatic heterocycles. The summed E-state index contributed by atoms with van der Waals surface area (Å²) in [6, 6.07) is 1.42. The topological polar surface area (TPSA) is 30.2 Å². The van der Waals surface area contributed by atoms with E-state index in [1.165, 1.54) is 6.07 Å². The minimum Gasteiger partial charge on any atom is -0.233 e. The third-order valence-corrected chi connectivity index (χ3v) is 1.61. The number of rotatable bonds is 0.